The van der Waals surface area contributed by atoms with Gasteiger partial charge in [0.05, 0.1) is 32.2 Å². The Kier molecular flexibility index (Phi) is 5.98. The van der Waals surface area contributed by atoms with Crippen LogP contribution in [0.2, 0.25) is 15.1 Å². The predicted molar refractivity (Wildman–Crippen MR) is 98.5 cm³/mol. The maximum atomic E-state index is 12.3. The fourth-order valence-corrected chi connectivity index (χ4v) is 3.60. The van der Waals surface area contributed by atoms with E-state index in [0.717, 1.165) is 0 Å². The van der Waals surface area contributed by atoms with Crippen LogP contribution < -0.4 is 10.0 Å². The van der Waals surface area contributed by atoms with Gasteiger partial charge in [-0.05, 0) is 35.9 Å². The second-order valence-electron chi connectivity index (χ2n) is 4.99. The van der Waals surface area contributed by atoms with Crippen LogP contribution >= 0.6 is 34.8 Å². The second kappa shape index (κ2) is 7.61. The van der Waals surface area contributed by atoms with E-state index < -0.39 is 10.0 Å². The number of halogens is 3. The molecule has 0 fully saturated rings. The van der Waals surface area contributed by atoms with Crippen molar-refractivity contribution in [3.8, 4) is 0 Å². The lowest BCUT2D eigenvalue weighted by Gasteiger charge is -2.11. The smallest absolute Gasteiger partial charge is 0.236 e. The second-order valence-corrected chi connectivity index (χ2v) is 7.93. The van der Waals surface area contributed by atoms with Gasteiger partial charge in [0.15, 0.2) is 0 Å². The van der Waals surface area contributed by atoms with Crippen LogP contribution in [0, 0.1) is 0 Å². The summed E-state index contributed by atoms with van der Waals surface area (Å²) in [5.74, 6) is -0.588. The zero-order valence-electron chi connectivity index (χ0n) is 12.4. The van der Waals surface area contributed by atoms with Crippen molar-refractivity contribution in [1.82, 2.24) is 0 Å². The van der Waals surface area contributed by atoms with Gasteiger partial charge in [0.2, 0.25) is 15.9 Å². The van der Waals surface area contributed by atoms with Gasteiger partial charge in [0.1, 0.15) is 0 Å². The zero-order valence-corrected chi connectivity index (χ0v) is 15.5. The molecule has 0 aliphatic carbocycles. The molecular formula is C15H13Cl3N2O3S. The number of nitrogens with one attached hydrogen (secondary N) is 2. The number of carbonyl (C=O) groups excluding carboxylic acids is 1. The molecule has 0 saturated heterocycles. The largest absolute Gasteiger partial charge is 0.325 e. The Morgan fingerprint density at radius 2 is 1.67 bits per heavy atom. The molecule has 1 amide bonds. The van der Waals surface area contributed by atoms with Crippen LogP contribution in [0.4, 0.5) is 11.4 Å². The van der Waals surface area contributed by atoms with Crippen molar-refractivity contribution in [2.24, 2.45) is 0 Å². The maximum Gasteiger partial charge on any atom is 0.236 e. The van der Waals surface area contributed by atoms with E-state index in [1.807, 2.05) is 0 Å². The summed E-state index contributed by atoms with van der Waals surface area (Å²) in [5.41, 5.74) is 1.09. The van der Waals surface area contributed by atoms with Crippen LogP contribution in [-0.2, 0) is 20.6 Å². The molecule has 0 heterocycles. The van der Waals surface area contributed by atoms with Crippen molar-refractivity contribution in [1.29, 1.82) is 0 Å². The Hall–Kier alpha value is -1.47. The summed E-state index contributed by atoms with van der Waals surface area (Å²) in [6.07, 6.45) is 0. The molecule has 24 heavy (non-hydrogen) atoms. The molecule has 2 aromatic carbocycles. The van der Waals surface area contributed by atoms with Crippen molar-refractivity contribution >= 4 is 62.1 Å². The average Bonchev–Trinajstić information content (AvgIpc) is 2.45. The van der Waals surface area contributed by atoms with Crippen molar-refractivity contribution in [2.45, 2.75) is 12.7 Å². The monoisotopic (exact) mass is 406 g/mol. The number of carbonyl (C=O) groups is 1. The molecule has 0 aliphatic heterocycles. The first-order valence-electron chi connectivity index (χ1n) is 6.68. The standard InChI is InChI=1S/C15H13Cl3N2O3S/c1-9(21)19-15-7-11(3-5-13(15)17)20-24(22,23)8-10-2-4-12(16)14(18)6-10/h2-7,20H,8H2,1H3,(H,19,21). The van der Waals surface area contributed by atoms with Gasteiger partial charge in [-0.1, -0.05) is 40.9 Å². The molecule has 2 rings (SSSR count). The summed E-state index contributed by atoms with van der Waals surface area (Å²) in [4.78, 5) is 11.1. The molecule has 0 aromatic heterocycles. The van der Waals surface area contributed by atoms with Gasteiger partial charge in [0.25, 0.3) is 0 Å². The van der Waals surface area contributed by atoms with E-state index in [9.17, 15) is 13.2 Å². The molecule has 2 N–H and O–H groups in total. The predicted octanol–water partition coefficient (Wildman–Crippen LogP) is 4.55. The highest BCUT2D eigenvalue weighted by Crippen LogP contribution is 2.27. The SMILES string of the molecule is CC(=O)Nc1cc(NS(=O)(=O)Cc2ccc(Cl)c(Cl)c2)ccc1Cl. The molecule has 0 aliphatic rings. The lowest BCUT2D eigenvalue weighted by molar-refractivity contribution is -0.114. The molecular weight excluding hydrogens is 395 g/mol. The lowest BCUT2D eigenvalue weighted by Crippen LogP contribution is -2.15. The van der Waals surface area contributed by atoms with Crippen LogP contribution in [0.15, 0.2) is 36.4 Å². The molecule has 0 bridgehead atoms. The van der Waals surface area contributed by atoms with E-state index in [4.69, 9.17) is 34.8 Å². The van der Waals surface area contributed by atoms with E-state index >= 15 is 0 Å². The minimum absolute atomic E-state index is 0.276. The van der Waals surface area contributed by atoms with Crippen molar-refractivity contribution < 1.29 is 13.2 Å². The number of benzene rings is 2. The summed E-state index contributed by atoms with van der Waals surface area (Å²) in [5, 5.41) is 3.46. The third-order valence-corrected chi connectivity index (χ3v) is 5.22. The first kappa shape index (κ1) is 18.9. The van der Waals surface area contributed by atoms with E-state index in [2.05, 4.69) is 10.0 Å². The van der Waals surface area contributed by atoms with Gasteiger partial charge in [-0.2, -0.15) is 0 Å². The number of anilines is 2. The molecule has 0 radical (unpaired) electrons. The van der Waals surface area contributed by atoms with E-state index in [1.54, 1.807) is 6.07 Å². The van der Waals surface area contributed by atoms with Crippen LogP contribution in [-0.4, -0.2) is 14.3 Å². The molecule has 9 heteroatoms. The maximum absolute atomic E-state index is 12.3. The summed E-state index contributed by atoms with van der Waals surface area (Å²) in [6.45, 7) is 1.33. The zero-order chi connectivity index (χ0) is 17.9. The first-order valence-corrected chi connectivity index (χ1v) is 9.46. The van der Waals surface area contributed by atoms with Gasteiger partial charge >= 0.3 is 0 Å². The third-order valence-electron chi connectivity index (χ3n) is 2.89. The number of rotatable bonds is 5. The number of sulfonamides is 1. The Morgan fingerprint density at radius 1 is 1.00 bits per heavy atom. The number of hydrogen-bond donors (Lipinski definition) is 2. The fraction of sp³-hybridized carbons (Fsp3) is 0.133. The van der Waals surface area contributed by atoms with Crippen molar-refractivity contribution in [3.05, 3.63) is 57.0 Å². The Bertz CT molecular complexity index is 886. The molecule has 0 unspecified atom stereocenters. The first-order chi connectivity index (χ1) is 11.2. The van der Waals surface area contributed by atoms with E-state index in [1.165, 1.54) is 37.3 Å². The minimum atomic E-state index is -3.68. The highest BCUT2D eigenvalue weighted by Gasteiger charge is 2.14. The van der Waals surface area contributed by atoms with Gasteiger partial charge in [-0.25, -0.2) is 8.42 Å². The Labute approximate surface area is 155 Å². The van der Waals surface area contributed by atoms with Gasteiger partial charge < -0.3 is 5.32 Å². The minimum Gasteiger partial charge on any atom is -0.325 e. The number of amides is 1. The quantitative estimate of drug-likeness (QED) is 0.763. The molecule has 128 valence electrons. The summed E-state index contributed by atoms with van der Waals surface area (Å²) < 4.78 is 27.0. The average molecular weight is 408 g/mol. The van der Waals surface area contributed by atoms with Crippen LogP contribution in [0.3, 0.4) is 0 Å². The Morgan fingerprint density at radius 3 is 2.29 bits per heavy atom. The lowest BCUT2D eigenvalue weighted by atomic mass is 10.2. The van der Waals surface area contributed by atoms with E-state index in [-0.39, 0.29) is 22.4 Å². The van der Waals surface area contributed by atoms with Crippen LogP contribution in [0.25, 0.3) is 0 Å². The molecule has 0 spiro atoms. The fourth-order valence-electron chi connectivity index (χ4n) is 1.94. The molecule has 0 saturated carbocycles. The molecule has 0 atom stereocenters. The summed E-state index contributed by atoms with van der Waals surface area (Å²) in [6, 6.07) is 9.04. The highest BCUT2D eigenvalue weighted by atomic mass is 35.5. The van der Waals surface area contributed by atoms with E-state index in [0.29, 0.717) is 21.3 Å². The third kappa shape index (κ3) is 5.27. The normalized spacial score (nSPS) is 11.2. The topological polar surface area (TPSA) is 75.3 Å². The van der Waals surface area contributed by atoms with Gasteiger partial charge in [-0.3, -0.25) is 9.52 Å². The van der Waals surface area contributed by atoms with Crippen LogP contribution in [0.5, 0.6) is 0 Å². The number of hydrogen-bond acceptors (Lipinski definition) is 3. The van der Waals surface area contributed by atoms with Gasteiger partial charge in [-0.15, -0.1) is 0 Å². The molecule has 5 nitrogen and oxygen atoms in total. The Balaban J connectivity index is 2.19. The van der Waals surface area contributed by atoms with Gasteiger partial charge in [0, 0.05) is 6.92 Å². The highest BCUT2D eigenvalue weighted by molar-refractivity contribution is 7.91. The summed E-state index contributed by atoms with van der Waals surface area (Å²) in [7, 11) is -3.68. The van der Waals surface area contributed by atoms with Crippen molar-refractivity contribution in [2.75, 3.05) is 10.0 Å². The summed E-state index contributed by atoms with van der Waals surface area (Å²) >= 11 is 17.7. The van der Waals surface area contributed by atoms with Crippen molar-refractivity contribution in [3.63, 3.8) is 0 Å². The van der Waals surface area contributed by atoms with Crippen LogP contribution in [0.1, 0.15) is 12.5 Å². The molecule has 2 aromatic rings.